The van der Waals surface area contributed by atoms with Gasteiger partial charge in [0.2, 0.25) is 5.91 Å². The van der Waals surface area contributed by atoms with Crippen molar-refractivity contribution in [3.63, 3.8) is 0 Å². The third-order valence-electron chi connectivity index (χ3n) is 9.60. The molecule has 2 aromatic rings. The van der Waals surface area contributed by atoms with Crippen molar-refractivity contribution in [2.75, 3.05) is 20.6 Å². The molecule has 2 aromatic carbocycles. The number of phenols is 1. The second-order valence-electron chi connectivity index (χ2n) is 11.3. The maximum atomic E-state index is 13.3. The zero-order valence-corrected chi connectivity index (χ0v) is 21.5. The molecule has 2 fully saturated rings. The van der Waals surface area contributed by atoms with Crippen LogP contribution in [0.2, 0.25) is 0 Å². The molecule has 2 N–H and O–H groups in total. The third kappa shape index (κ3) is 3.24. The van der Waals surface area contributed by atoms with Crippen LogP contribution in [-0.4, -0.2) is 70.3 Å². The average Bonchev–Trinajstić information content (AvgIpc) is 3.23. The van der Waals surface area contributed by atoms with Gasteiger partial charge in [-0.3, -0.25) is 4.79 Å². The average molecular weight is 529 g/mol. The fourth-order valence-electron chi connectivity index (χ4n) is 7.79. The van der Waals surface area contributed by atoms with Crippen LogP contribution < -0.4 is 4.74 Å². The van der Waals surface area contributed by atoms with Crippen LogP contribution in [-0.2, 0) is 22.8 Å². The van der Waals surface area contributed by atoms with Crippen LogP contribution in [0.1, 0.15) is 42.0 Å². The number of carbonyl (C=O) groups is 1. The number of amides is 1. The molecule has 2 aliphatic carbocycles. The molecule has 202 valence electrons. The van der Waals surface area contributed by atoms with Gasteiger partial charge in [-0.15, -0.1) is 0 Å². The zero-order chi connectivity index (χ0) is 27.2. The molecule has 1 spiro atoms. The van der Waals surface area contributed by atoms with Crippen molar-refractivity contribution in [3.05, 3.63) is 64.7 Å². The van der Waals surface area contributed by atoms with E-state index in [2.05, 4.69) is 4.90 Å². The Labute approximate surface area is 219 Å². The van der Waals surface area contributed by atoms with Gasteiger partial charge in [-0.05, 0) is 74.2 Å². The second-order valence-corrected chi connectivity index (χ2v) is 11.3. The number of alkyl halides is 3. The van der Waals surface area contributed by atoms with E-state index in [-0.39, 0.29) is 29.2 Å². The predicted molar refractivity (Wildman–Crippen MR) is 135 cm³/mol. The Morgan fingerprint density at radius 1 is 1.26 bits per heavy atom. The lowest BCUT2D eigenvalue weighted by molar-refractivity contribution is -0.220. The van der Waals surface area contributed by atoms with Gasteiger partial charge in [0.25, 0.3) is 0 Å². The summed E-state index contributed by atoms with van der Waals surface area (Å²) in [4.78, 5) is 17.1. The lowest BCUT2D eigenvalue weighted by Gasteiger charge is -2.66. The maximum absolute atomic E-state index is 13.3. The standard InChI is InChI=1S/C29H31F3N2O4/c1-16-13-20(34(3)23(36)10-7-17-5-4-6-19(14-17)29(30,31)32)26-27-11-12-33(2)22(28(16,27)37)15-18-8-9-21(35)25(38-26)24(18)27/h4-10,14,16,20,22,26,35,37H,11-13,15H2,1-3H3/b10-7+/t16?,20?,22-,26?,27+,28-/m1/s1. The summed E-state index contributed by atoms with van der Waals surface area (Å²) in [5.41, 5.74) is -0.477. The van der Waals surface area contributed by atoms with Crippen LogP contribution in [0, 0.1) is 5.92 Å². The Hall–Kier alpha value is -3.04. The lowest BCUT2D eigenvalue weighted by Crippen LogP contribution is -2.80. The first-order chi connectivity index (χ1) is 17.9. The van der Waals surface area contributed by atoms with Gasteiger partial charge >= 0.3 is 6.18 Å². The highest BCUT2D eigenvalue weighted by Crippen LogP contribution is 2.66. The minimum atomic E-state index is -4.47. The fraction of sp³-hybridized carbons (Fsp3) is 0.483. The molecule has 38 heavy (non-hydrogen) atoms. The number of hydrogen-bond donors (Lipinski definition) is 2. The highest BCUT2D eigenvalue weighted by molar-refractivity contribution is 5.92. The number of ether oxygens (including phenoxy) is 1. The van der Waals surface area contributed by atoms with E-state index in [1.165, 1.54) is 24.3 Å². The molecule has 0 radical (unpaired) electrons. The van der Waals surface area contributed by atoms with E-state index in [1.54, 1.807) is 18.0 Å². The zero-order valence-electron chi connectivity index (χ0n) is 21.5. The number of phenolic OH excluding ortho intramolecular Hbond substituents is 1. The largest absolute Gasteiger partial charge is 0.504 e. The molecule has 2 aliphatic heterocycles. The summed E-state index contributed by atoms with van der Waals surface area (Å²) in [6.07, 6.45) is -0.624. The summed E-state index contributed by atoms with van der Waals surface area (Å²) in [5.74, 6) is -0.125. The van der Waals surface area contributed by atoms with Crippen molar-refractivity contribution in [2.45, 2.75) is 61.6 Å². The number of aliphatic hydroxyl groups is 1. The van der Waals surface area contributed by atoms with Crippen molar-refractivity contribution in [1.82, 2.24) is 9.80 Å². The highest BCUT2D eigenvalue weighted by atomic mass is 19.4. The minimum Gasteiger partial charge on any atom is -0.504 e. The molecular formula is C29H31F3N2O4. The minimum absolute atomic E-state index is 0.0251. The number of likely N-dealkylation sites (N-methyl/N-ethyl adjacent to an activating group) is 2. The van der Waals surface area contributed by atoms with E-state index < -0.39 is 34.9 Å². The number of benzene rings is 2. The summed E-state index contributed by atoms with van der Waals surface area (Å²) in [7, 11) is 3.69. The van der Waals surface area contributed by atoms with Crippen molar-refractivity contribution < 1.29 is 32.9 Å². The van der Waals surface area contributed by atoms with E-state index in [9.17, 15) is 28.2 Å². The molecule has 3 unspecified atom stereocenters. The SMILES string of the molecule is CC1CC(N(C)C(=O)/C=C/c2cccc(C(F)(F)F)c2)C2Oc3c(O)ccc4c3[C@@]23CCN(C)[C@H](C4)[C@]13O. The Bertz CT molecular complexity index is 1340. The first kappa shape index (κ1) is 25.2. The third-order valence-corrected chi connectivity index (χ3v) is 9.60. The first-order valence-corrected chi connectivity index (χ1v) is 13.0. The highest BCUT2D eigenvalue weighted by Gasteiger charge is 2.75. The van der Waals surface area contributed by atoms with Crippen LogP contribution >= 0.6 is 0 Å². The quantitative estimate of drug-likeness (QED) is 0.590. The predicted octanol–water partition coefficient (Wildman–Crippen LogP) is 3.98. The van der Waals surface area contributed by atoms with Crippen LogP contribution in [0.5, 0.6) is 11.5 Å². The monoisotopic (exact) mass is 528 g/mol. The number of nitrogens with zero attached hydrogens (tertiary/aromatic N) is 2. The summed E-state index contributed by atoms with van der Waals surface area (Å²) in [6.45, 7) is 2.76. The van der Waals surface area contributed by atoms with Gasteiger partial charge in [-0.1, -0.05) is 25.1 Å². The van der Waals surface area contributed by atoms with E-state index in [1.807, 2.05) is 20.0 Å². The number of aromatic hydroxyl groups is 1. The van der Waals surface area contributed by atoms with Crippen molar-refractivity contribution in [3.8, 4) is 11.5 Å². The topological polar surface area (TPSA) is 73.2 Å². The van der Waals surface area contributed by atoms with Gasteiger partial charge in [-0.2, -0.15) is 13.2 Å². The Morgan fingerprint density at radius 3 is 2.76 bits per heavy atom. The van der Waals surface area contributed by atoms with Gasteiger partial charge in [0.05, 0.1) is 22.6 Å². The summed E-state index contributed by atoms with van der Waals surface area (Å²) in [5, 5.41) is 23.3. The molecule has 0 aromatic heterocycles. The number of piperidine rings is 1. The van der Waals surface area contributed by atoms with Crippen molar-refractivity contribution >= 4 is 12.0 Å². The summed E-state index contributed by atoms with van der Waals surface area (Å²) >= 11 is 0. The summed E-state index contributed by atoms with van der Waals surface area (Å²) in [6, 6.07) is 7.84. The molecule has 6 nitrogen and oxygen atoms in total. The number of rotatable bonds is 3. The molecular weight excluding hydrogens is 497 g/mol. The van der Waals surface area contributed by atoms with E-state index >= 15 is 0 Å². The van der Waals surface area contributed by atoms with Gasteiger partial charge < -0.3 is 24.7 Å². The Kier molecular flexibility index (Phi) is 5.47. The van der Waals surface area contributed by atoms with Crippen LogP contribution in [0.25, 0.3) is 6.08 Å². The summed E-state index contributed by atoms with van der Waals surface area (Å²) < 4.78 is 45.8. The normalized spacial score (nSPS) is 33.7. The van der Waals surface area contributed by atoms with Gasteiger partial charge in [0.1, 0.15) is 6.10 Å². The number of likely N-dealkylation sites (tertiary alicyclic amines) is 1. The Morgan fingerprint density at radius 2 is 2.03 bits per heavy atom. The molecule has 2 heterocycles. The van der Waals surface area contributed by atoms with Gasteiger partial charge in [0.15, 0.2) is 11.5 Å². The number of hydrogen-bond acceptors (Lipinski definition) is 5. The molecule has 6 atom stereocenters. The number of halogens is 3. The first-order valence-electron chi connectivity index (χ1n) is 13.0. The number of carbonyl (C=O) groups excluding carboxylic acids is 1. The molecule has 6 rings (SSSR count). The van der Waals surface area contributed by atoms with Crippen molar-refractivity contribution in [1.29, 1.82) is 0 Å². The fourth-order valence-corrected chi connectivity index (χ4v) is 7.79. The molecule has 9 heteroatoms. The Balaban J connectivity index is 1.36. The molecule has 1 saturated carbocycles. The van der Waals surface area contributed by atoms with Crippen LogP contribution in [0.15, 0.2) is 42.5 Å². The molecule has 4 aliphatic rings. The smallest absolute Gasteiger partial charge is 0.416 e. The molecule has 1 amide bonds. The van der Waals surface area contributed by atoms with E-state index in [0.29, 0.717) is 25.0 Å². The van der Waals surface area contributed by atoms with Gasteiger partial charge in [0, 0.05) is 24.7 Å². The van der Waals surface area contributed by atoms with Crippen molar-refractivity contribution in [2.24, 2.45) is 5.92 Å². The molecule has 2 bridgehead atoms. The van der Waals surface area contributed by atoms with Crippen LogP contribution in [0.4, 0.5) is 13.2 Å². The van der Waals surface area contributed by atoms with Crippen LogP contribution in [0.3, 0.4) is 0 Å². The second kappa shape index (κ2) is 8.23. The molecule has 1 saturated heterocycles. The maximum Gasteiger partial charge on any atom is 0.416 e. The van der Waals surface area contributed by atoms with Gasteiger partial charge in [-0.25, -0.2) is 0 Å². The van der Waals surface area contributed by atoms with E-state index in [0.717, 1.165) is 29.8 Å². The van der Waals surface area contributed by atoms with E-state index in [4.69, 9.17) is 4.74 Å². The lowest BCUT2D eigenvalue weighted by atomic mass is 9.45.